The van der Waals surface area contributed by atoms with E-state index in [-0.39, 0.29) is 5.91 Å². The van der Waals surface area contributed by atoms with Crippen molar-refractivity contribution in [1.29, 1.82) is 0 Å². The van der Waals surface area contributed by atoms with Gasteiger partial charge in [-0.3, -0.25) is 14.2 Å². The zero-order chi connectivity index (χ0) is 21.3. The van der Waals surface area contributed by atoms with E-state index < -0.39 is 0 Å². The molecule has 0 aliphatic heterocycles. The maximum atomic E-state index is 12.8. The van der Waals surface area contributed by atoms with Crippen LogP contribution in [0, 0.1) is 6.92 Å². The first kappa shape index (κ1) is 20.6. The topological polar surface area (TPSA) is 68.0 Å². The van der Waals surface area contributed by atoms with E-state index in [0.29, 0.717) is 22.1 Å². The number of fused-ring (bicyclic) bond motifs is 1. The number of benzene rings is 1. The SMILES string of the molecule is Cc1nn(Cc2ccccc2Cl)c2sc(C(=O)Nc3cnn(CCN(C)C)c3)cc12. The molecule has 0 spiro atoms. The van der Waals surface area contributed by atoms with Gasteiger partial charge in [0, 0.05) is 23.2 Å². The number of nitrogens with zero attached hydrogens (tertiary/aromatic N) is 5. The Morgan fingerprint density at radius 2 is 2.10 bits per heavy atom. The normalized spacial score (nSPS) is 11.5. The third-order valence-electron chi connectivity index (χ3n) is 4.78. The van der Waals surface area contributed by atoms with E-state index in [4.69, 9.17) is 11.6 Å². The van der Waals surface area contributed by atoms with Crippen LogP contribution in [0.25, 0.3) is 10.2 Å². The molecule has 0 fully saturated rings. The van der Waals surface area contributed by atoms with Crippen molar-refractivity contribution in [1.82, 2.24) is 24.5 Å². The third kappa shape index (κ3) is 4.40. The van der Waals surface area contributed by atoms with Crippen LogP contribution in [0.4, 0.5) is 5.69 Å². The van der Waals surface area contributed by atoms with Crippen molar-refractivity contribution >= 4 is 44.7 Å². The summed E-state index contributed by atoms with van der Waals surface area (Å²) in [5, 5.41) is 13.6. The molecule has 0 aliphatic rings. The van der Waals surface area contributed by atoms with Crippen molar-refractivity contribution in [2.75, 3.05) is 26.0 Å². The second-order valence-corrected chi connectivity index (χ2v) is 8.85. The number of nitrogens with one attached hydrogen (secondary N) is 1. The Bertz CT molecular complexity index is 1190. The molecule has 4 rings (SSSR count). The van der Waals surface area contributed by atoms with Crippen molar-refractivity contribution in [3.05, 3.63) is 63.9 Å². The Morgan fingerprint density at radius 3 is 2.87 bits per heavy atom. The van der Waals surface area contributed by atoms with E-state index in [9.17, 15) is 4.79 Å². The summed E-state index contributed by atoms with van der Waals surface area (Å²) >= 11 is 7.74. The molecule has 0 bridgehead atoms. The van der Waals surface area contributed by atoms with Gasteiger partial charge in [0.15, 0.2) is 0 Å². The second-order valence-electron chi connectivity index (χ2n) is 7.41. The summed E-state index contributed by atoms with van der Waals surface area (Å²) in [4.78, 5) is 16.5. The van der Waals surface area contributed by atoms with E-state index in [1.807, 2.05) is 66.9 Å². The number of carbonyl (C=O) groups is 1. The lowest BCUT2D eigenvalue weighted by atomic mass is 10.2. The van der Waals surface area contributed by atoms with Crippen LogP contribution >= 0.6 is 22.9 Å². The van der Waals surface area contributed by atoms with Gasteiger partial charge in [0.1, 0.15) is 4.83 Å². The number of hydrogen-bond donors (Lipinski definition) is 1. The quantitative estimate of drug-likeness (QED) is 0.467. The third-order valence-corrected chi connectivity index (χ3v) is 6.29. The van der Waals surface area contributed by atoms with Gasteiger partial charge in [-0.2, -0.15) is 10.2 Å². The average Bonchev–Trinajstić information content (AvgIpc) is 3.40. The van der Waals surface area contributed by atoms with Crippen molar-refractivity contribution in [2.24, 2.45) is 0 Å². The van der Waals surface area contributed by atoms with E-state index in [0.717, 1.165) is 34.6 Å². The number of hydrogen-bond acceptors (Lipinski definition) is 5. The Morgan fingerprint density at radius 1 is 1.30 bits per heavy atom. The summed E-state index contributed by atoms with van der Waals surface area (Å²) in [6, 6.07) is 9.63. The molecule has 7 nitrogen and oxygen atoms in total. The highest BCUT2D eigenvalue weighted by Gasteiger charge is 2.17. The van der Waals surface area contributed by atoms with Crippen molar-refractivity contribution in [2.45, 2.75) is 20.0 Å². The zero-order valence-electron chi connectivity index (χ0n) is 17.1. The molecular formula is C21H23ClN6OS. The molecule has 3 heterocycles. The summed E-state index contributed by atoms with van der Waals surface area (Å²) in [6.07, 6.45) is 3.52. The number of rotatable bonds is 7. The molecule has 0 unspecified atom stereocenters. The molecule has 30 heavy (non-hydrogen) atoms. The van der Waals surface area contributed by atoms with Crippen LogP contribution in [0.15, 0.2) is 42.7 Å². The number of aromatic nitrogens is 4. The van der Waals surface area contributed by atoms with Gasteiger partial charge in [0.2, 0.25) is 0 Å². The fraction of sp³-hybridized carbons (Fsp3) is 0.286. The fourth-order valence-corrected chi connectivity index (χ4v) is 4.42. The van der Waals surface area contributed by atoms with E-state index in [2.05, 4.69) is 20.4 Å². The minimum Gasteiger partial charge on any atom is -0.319 e. The Balaban J connectivity index is 1.52. The van der Waals surface area contributed by atoms with Crippen LogP contribution in [0.3, 0.4) is 0 Å². The lowest BCUT2D eigenvalue weighted by molar-refractivity contribution is 0.103. The van der Waals surface area contributed by atoms with Gasteiger partial charge in [0.05, 0.1) is 35.5 Å². The number of anilines is 1. The molecule has 0 radical (unpaired) electrons. The highest BCUT2D eigenvalue weighted by Crippen LogP contribution is 2.30. The van der Waals surface area contributed by atoms with Gasteiger partial charge in [-0.1, -0.05) is 29.8 Å². The smallest absolute Gasteiger partial charge is 0.265 e. The fourth-order valence-electron chi connectivity index (χ4n) is 3.17. The Hall–Kier alpha value is -2.68. The number of aryl methyl sites for hydroxylation is 1. The zero-order valence-corrected chi connectivity index (χ0v) is 18.7. The minimum atomic E-state index is -0.146. The molecule has 156 valence electrons. The van der Waals surface area contributed by atoms with Crippen molar-refractivity contribution in [3.63, 3.8) is 0 Å². The monoisotopic (exact) mass is 442 g/mol. The lowest BCUT2D eigenvalue weighted by Crippen LogP contribution is -2.18. The van der Waals surface area contributed by atoms with Crippen LogP contribution in [-0.4, -0.2) is 51.0 Å². The van der Waals surface area contributed by atoms with E-state index in [1.54, 1.807) is 6.20 Å². The predicted molar refractivity (Wildman–Crippen MR) is 122 cm³/mol. The first-order valence-electron chi connectivity index (χ1n) is 9.59. The second kappa shape index (κ2) is 8.59. The molecule has 0 aliphatic carbocycles. The number of carbonyl (C=O) groups excluding carboxylic acids is 1. The molecule has 4 aromatic rings. The molecule has 0 saturated carbocycles. The van der Waals surface area contributed by atoms with Gasteiger partial charge >= 0.3 is 0 Å². The molecule has 3 aromatic heterocycles. The van der Waals surface area contributed by atoms with Gasteiger partial charge < -0.3 is 10.2 Å². The Kier molecular flexibility index (Phi) is 5.90. The maximum absolute atomic E-state index is 12.8. The van der Waals surface area contributed by atoms with Gasteiger partial charge in [-0.15, -0.1) is 11.3 Å². The largest absolute Gasteiger partial charge is 0.319 e. The molecular weight excluding hydrogens is 420 g/mol. The van der Waals surface area contributed by atoms with Crippen molar-refractivity contribution < 1.29 is 4.79 Å². The summed E-state index contributed by atoms with van der Waals surface area (Å²) < 4.78 is 3.73. The van der Waals surface area contributed by atoms with E-state index >= 15 is 0 Å². The van der Waals surface area contributed by atoms with Crippen LogP contribution in [0.2, 0.25) is 5.02 Å². The number of thiophene rings is 1. The van der Waals surface area contributed by atoms with Gasteiger partial charge in [-0.05, 0) is 38.7 Å². The van der Waals surface area contributed by atoms with Crippen molar-refractivity contribution in [3.8, 4) is 0 Å². The van der Waals surface area contributed by atoms with Gasteiger partial charge in [-0.25, -0.2) is 0 Å². The molecule has 0 saturated heterocycles. The number of halogens is 1. The summed E-state index contributed by atoms with van der Waals surface area (Å²) in [7, 11) is 4.03. The minimum absolute atomic E-state index is 0.146. The average molecular weight is 443 g/mol. The highest BCUT2D eigenvalue weighted by molar-refractivity contribution is 7.20. The lowest BCUT2D eigenvalue weighted by Gasteiger charge is -2.08. The highest BCUT2D eigenvalue weighted by atomic mass is 35.5. The maximum Gasteiger partial charge on any atom is 0.265 e. The summed E-state index contributed by atoms with van der Waals surface area (Å²) in [6.45, 7) is 4.16. The van der Waals surface area contributed by atoms with Crippen LogP contribution in [0.5, 0.6) is 0 Å². The standard InChI is InChI=1S/C21H23ClN6OS/c1-14-17-10-19(20(29)24-16-11-23-27(13-16)9-8-26(2)3)30-21(17)28(25-14)12-15-6-4-5-7-18(15)22/h4-7,10-11,13H,8-9,12H2,1-3H3,(H,24,29). The molecule has 1 amide bonds. The van der Waals surface area contributed by atoms with Gasteiger partial charge in [0.25, 0.3) is 5.91 Å². The van der Waals surface area contributed by atoms with Crippen LogP contribution in [0.1, 0.15) is 20.9 Å². The first-order valence-corrected chi connectivity index (χ1v) is 10.8. The predicted octanol–water partition coefficient (Wildman–Crippen LogP) is 4.12. The number of likely N-dealkylation sites (N-methyl/N-ethyl adjacent to an activating group) is 1. The molecule has 1 N–H and O–H groups in total. The first-order chi connectivity index (χ1) is 14.4. The molecule has 0 atom stereocenters. The molecule has 1 aromatic carbocycles. The Labute approximate surface area is 183 Å². The van der Waals surface area contributed by atoms with Crippen LogP contribution < -0.4 is 5.32 Å². The summed E-state index contributed by atoms with van der Waals surface area (Å²) in [5.74, 6) is -0.146. The van der Waals surface area contributed by atoms with Crippen LogP contribution in [-0.2, 0) is 13.1 Å². The van der Waals surface area contributed by atoms with E-state index in [1.165, 1.54) is 11.3 Å². The number of amides is 1. The molecule has 9 heteroatoms. The summed E-state index contributed by atoms with van der Waals surface area (Å²) in [5.41, 5.74) is 2.57.